The van der Waals surface area contributed by atoms with Crippen LogP contribution in [0.15, 0.2) is 24.3 Å². The van der Waals surface area contributed by atoms with Crippen molar-refractivity contribution in [2.45, 2.75) is 57.7 Å². The van der Waals surface area contributed by atoms with Gasteiger partial charge in [-0.15, -0.1) is 0 Å². The third-order valence-electron chi connectivity index (χ3n) is 7.17. The largest absolute Gasteiger partial charge is 0.746 e. The van der Waals surface area contributed by atoms with E-state index in [9.17, 15) is 9.46 Å². The molecule has 0 amide bonds. The number of nitrogens with zero attached hydrogens (tertiary/aromatic N) is 1. The molecule has 3 atom stereocenters. The topological polar surface area (TPSA) is 114 Å². The van der Waals surface area contributed by atoms with Gasteiger partial charge >= 0.3 is 7.82 Å². The fourth-order valence-corrected chi connectivity index (χ4v) is 5.59. The Hall–Kier alpha value is -2.69. The Morgan fingerprint density at radius 2 is 1.33 bits per heavy atom. The van der Waals surface area contributed by atoms with E-state index in [2.05, 4.69) is 6.92 Å². The first-order valence-corrected chi connectivity index (χ1v) is 16.2. The summed E-state index contributed by atoms with van der Waals surface area (Å²) in [7, 11) is 7.28. The van der Waals surface area contributed by atoms with Gasteiger partial charge in [-0.2, -0.15) is 0 Å². The zero-order valence-corrected chi connectivity index (χ0v) is 27.7. The van der Waals surface area contributed by atoms with Gasteiger partial charge in [0.25, 0.3) is 0 Å². The number of rotatable bonds is 18. The predicted molar refractivity (Wildman–Crippen MR) is 162 cm³/mol. The van der Waals surface area contributed by atoms with Crippen LogP contribution in [0.25, 0.3) is 0 Å². The first-order valence-electron chi connectivity index (χ1n) is 14.7. The Bertz CT molecular complexity index is 1210. The van der Waals surface area contributed by atoms with Gasteiger partial charge in [-0.3, -0.25) is 4.57 Å². The fraction of sp³-hybridized carbons (Fsp3) is 0.613. The Morgan fingerprint density at radius 3 is 1.84 bits per heavy atom. The minimum absolute atomic E-state index is 0.00743. The zero-order chi connectivity index (χ0) is 31.6. The van der Waals surface area contributed by atoms with Crippen LogP contribution in [0.5, 0.6) is 34.5 Å². The number of hydrogen-bond acceptors (Lipinski definition) is 10. The minimum atomic E-state index is -4.71. The van der Waals surface area contributed by atoms with Crippen molar-refractivity contribution in [1.82, 2.24) is 0 Å². The molecule has 1 fully saturated rings. The molecule has 242 valence electrons. The molecule has 11 nitrogen and oxygen atoms in total. The highest BCUT2D eigenvalue weighted by Gasteiger charge is 2.32. The Labute approximate surface area is 256 Å². The lowest BCUT2D eigenvalue weighted by Gasteiger charge is -2.28. The van der Waals surface area contributed by atoms with E-state index in [-0.39, 0.29) is 30.3 Å². The van der Waals surface area contributed by atoms with Gasteiger partial charge < -0.3 is 46.8 Å². The predicted octanol–water partition coefficient (Wildman–Crippen LogP) is 5.84. The maximum absolute atomic E-state index is 12.9. The van der Waals surface area contributed by atoms with E-state index < -0.39 is 7.82 Å². The summed E-state index contributed by atoms with van der Waals surface area (Å²) in [5.74, 6) is 2.15. The molecule has 1 aliphatic heterocycles. The smallest absolute Gasteiger partial charge is 0.320 e. The van der Waals surface area contributed by atoms with Crippen LogP contribution in [0.3, 0.4) is 0 Å². The average molecular weight is 626 g/mol. The highest BCUT2D eigenvalue weighted by molar-refractivity contribution is 7.46. The summed E-state index contributed by atoms with van der Waals surface area (Å²) in [4.78, 5) is 12.9. The number of phosphoric ester groups is 1. The average Bonchev–Trinajstić information content (AvgIpc) is 3.45. The van der Waals surface area contributed by atoms with Gasteiger partial charge in [0, 0.05) is 0 Å². The molecule has 1 aliphatic rings. The second kappa shape index (κ2) is 15.9. The maximum atomic E-state index is 12.9. The quantitative estimate of drug-likeness (QED) is 0.114. The summed E-state index contributed by atoms with van der Waals surface area (Å²) in [6.45, 7) is 3.06. The number of hydrogen-bond donors (Lipinski definition) is 0. The van der Waals surface area contributed by atoms with Gasteiger partial charge in [0.2, 0.25) is 11.5 Å². The molecule has 1 heterocycles. The summed E-state index contributed by atoms with van der Waals surface area (Å²) in [6.07, 6.45) is 4.88. The van der Waals surface area contributed by atoms with Crippen LogP contribution in [-0.2, 0) is 13.8 Å². The van der Waals surface area contributed by atoms with Crippen molar-refractivity contribution in [1.29, 1.82) is 0 Å². The Kier molecular flexibility index (Phi) is 12.8. The minimum Gasteiger partial charge on any atom is -0.746 e. The Morgan fingerprint density at radius 1 is 0.791 bits per heavy atom. The number of methoxy groups -OCH3 is 4. The van der Waals surface area contributed by atoms with Crippen LogP contribution in [0.1, 0.15) is 68.8 Å². The van der Waals surface area contributed by atoms with Gasteiger partial charge in [-0.05, 0) is 54.7 Å². The summed E-state index contributed by atoms with van der Waals surface area (Å²) < 4.78 is 58.8. The van der Waals surface area contributed by atoms with Gasteiger partial charge in [-0.1, -0.05) is 26.2 Å². The van der Waals surface area contributed by atoms with Crippen LogP contribution < -0.4 is 33.1 Å². The molecule has 0 bridgehead atoms. The number of likely N-dealkylation sites (N-methyl/N-ethyl adjacent to an activating group) is 1. The van der Waals surface area contributed by atoms with Crippen LogP contribution in [0.4, 0.5) is 0 Å². The second-order valence-corrected chi connectivity index (χ2v) is 12.8. The SMILES string of the molecule is CCCCCCOc1cc([C@H]2CC[C@H](c3cc(OC)c(OC)c(OC)c3)O2)cc(OP(=O)([O-])OCC[N+](C)(C)C)c1OC. The summed E-state index contributed by atoms with van der Waals surface area (Å²) >= 11 is 0. The summed E-state index contributed by atoms with van der Waals surface area (Å²) in [5, 5.41) is 0. The molecule has 12 heteroatoms. The standard InChI is InChI=1S/C31H48NO10P/c1-9-10-11-12-16-39-28-20-23(21-29(31(28)38-8)42-43(33,34)40-17-15-32(2,3)4)25-14-13-24(41-25)22-18-26(35-5)30(37-7)27(19-22)36-6/h18-21,24-25H,9-17H2,1-8H3/t24-,25-/m1/s1. The van der Waals surface area contributed by atoms with Crippen molar-refractivity contribution in [3.63, 3.8) is 0 Å². The highest BCUT2D eigenvalue weighted by Crippen LogP contribution is 2.51. The molecule has 1 saturated heterocycles. The number of benzene rings is 2. The number of ether oxygens (including phenoxy) is 6. The van der Waals surface area contributed by atoms with Crippen LogP contribution in [0, 0.1) is 0 Å². The lowest BCUT2D eigenvalue weighted by Crippen LogP contribution is -2.37. The number of phosphoric acid groups is 1. The maximum Gasteiger partial charge on any atom is 0.320 e. The summed E-state index contributed by atoms with van der Waals surface area (Å²) in [6, 6.07) is 7.21. The van der Waals surface area contributed by atoms with E-state index in [1.54, 1.807) is 27.4 Å². The van der Waals surface area contributed by atoms with E-state index in [1.807, 2.05) is 39.3 Å². The fourth-order valence-electron chi connectivity index (χ4n) is 4.86. The van der Waals surface area contributed by atoms with Gasteiger partial charge in [0.15, 0.2) is 23.0 Å². The van der Waals surface area contributed by atoms with Crippen LogP contribution >= 0.6 is 7.82 Å². The first-order chi connectivity index (χ1) is 20.4. The third-order valence-corrected chi connectivity index (χ3v) is 8.09. The monoisotopic (exact) mass is 625 g/mol. The molecular weight excluding hydrogens is 577 g/mol. The highest BCUT2D eigenvalue weighted by atomic mass is 31.2. The van der Waals surface area contributed by atoms with E-state index in [4.69, 9.17) is 37.5 Å². The van der Waals surface area contributed by atoms with E-state index in [1.165, 1.54) is 7.11 Å². The van der Waals surface area contributed by atoms with Crippen molar-refractivity contribution in [2.75, 3.05) is 69.3 Å². The molecule has 3 rings (SSSR count). The summed E-state index contributed by atoms with van der Waals surface area (Å²) in [5.41, 5.74) is 1.59. The normalized spacial score (nSPS) is 18.2. The van der Waals surface area contributed by atoms with Crippen molar-refractivity contribution < 1.29 is 51.4 Å². The van der Waals surface area contributed by atoms with Crippen molar-refractivity contribution in [3.8, 4) is 34.5 Å². The van der Waals surface area contributed by atoms with Crippen molar-refractivity contribution in [3.05, 3.63) is 35.4 Å². The van der Waals surface area contributed by atoms with Gasteiger partial charge in [0.05, 0.1) is 68.4 Å². The molecule has 0 aliphatic carbocycles. The molecule has 0 radical (unpaired) electrons. The first kappa shape index (κ1) is 34.8. The van der Waals surface area contributed by atoms with E-state index in [0.717, 1.165) is 31.2 Å². The molecule has 2 aromatic rings. The second-order valence-electron chi connectivity index (χ2n) is 11.5. The van der Waals surface area contributed by atoms with E-state index >= 15 is 0 Å². The molecule has 0 N–H and O–H groups in total. The zero-order valence-electron chi connectivity index (χ0n) is 26.8. The van der Waals surface area contributed by atoms with E-state index in [0.29, 0.717) is 59.0 Å². The lowest BCUT2D eigenvalue weighted by atomic mass is 10.0. The third kappa shape index (κ3) is 9.91. The molecule has 43 heavy (non-hydrogen) atoms. The molecular formula is C31H48NO10P. The molecule has 2 aromatic carbocycles. The van der Waals surface area contributed by atoms with Gasteiger partial charge in [-0.25, -0.2) is 0 Å². The van der Waals surface area contributed by atoms with Gasteiger partial charge in [0.1, 0.15) is 13.2 Å². The van der Waals surface area contributed by atoms with Crippen LogP contribution in [-0.4, -0.2) is 73.8 Å². The number of quaternary nitrogens is 1. The molecule has 1 unspecified atom stereocenters. The van der Waals surface area contributed by atoms with Crippen LogP contribution in [0.2, 0.25) is 0 Å². The van der Waals surface area contributed by atoms with Crippen molar-refractivity contribution in [2.24, 2.45) is 0 Å². The Balaban J connectivity index is 1.90. The number of unbranched alkanes of at least 4 members (excludes halogenated alkanes) is 3. The lowest BCUT2D eigenvalue weighted by molar-refractivity contribution is -0.870. The molecule has 0 aromatic heterocycles. The molecule has 0 spiro atoms. The molecule has 0 saturated carbocycles. The van der Waals surface area contributed by atoms with Crippen molar-refractivity contribution >= 4 is 7.82 Å².